The van der Waals surface area contributed by atoms with Crippen LogP contribution in [-0.4, -0.2) is 56.9 Å². The molecule has 2 heterocycles. The highest BCUT2D eigenvalue weighted by molar-refractivity contribution is 7.88. The number of amides is 1. The monoisotopic (exact) mass is 357 g/mol. The molecule has 0 bridgehead atoms. The summed E-state index contributed by atoms with van der Waals surface area (Å²) in [5, 5.41) is 3.88. The number of carbonyl (C=O) groups excluding carboxylic acids is 1. The summed E-state index contributed by atoms with van der Waals surface area (Å²) in [5.74, 6) is 0.966. The average Bonchev–Trinajstić information content (AvgIpc) is 3.16. The molecule has 2 atom stereocenters. The third-order valence-corrected chi connectivity index (χ3v) is 5.45. The molecule has 3 rings (SSSR count). The number of hydrogen-bond donors (Lipinski definition) is 1. The molecule has 0 radical (unpaired) electrons. The summed E-state index contributed by atoms with van der Waals surface area (Å²) in [7, 11) is -1.77. The lowest BCUT2D eigenvalue weighted by Gasteiger charge is -2.17. The molecule has 134 valence electrons. The van der Waals surface area contributed by atoms with Crippen molar-refractivity contribution in [3.8, 4) is 0 Å². The zero-order valence-electron chi connectivity index (χ0n) is 14.1. The summed E-state index contributed by atoms with van der Waals surface area (Å²) in [4.78, 5) is 14.5. The number of aryl methyl sites for hydroxylation is 1. The topological polar surface area (TPSA) is 102 Å². The fourth-order valence-electron chi connectivity index (χ4n) is 3.42. The maximum atomic E-state index is 12.8. The first kappa shape index (κ1) is 17.4. The lowest BCUT2D eigenvalue weighted by Crippen LogP contribution is -2.41. The molecule has 9 heteroatoms. The minimum atomic E-state index is -3.31. The smallest absolute Gasteiger partial charge is 0.276 e. The molecule has 1 saturated carbocycles. The molecule has 1 saturated heterocycles. The summed E-state index contributed by atoms with van der Waals surface area (Å²) in [6.07, 6.45) is 3.33. The molecular weight excluding hydrogens is 334 g/mol. The molecule has 0 unspecified atom stereocenters. The van der Waals surface area contributed by atoms with Gasteiger partial charge in [-0.05, 0) is 31.6 Å². The average molecular weight is 357 g/mol. The van der Waals surface area contributed by atoms with Crippen LogP contribution in [0.5, 0.6) is 0 Å². The maximum absolute atomic E-state index is 12.8. The number of rotatable bonds is 6. The Morgan fingerprint density at radius 1 is 1.42 bits per heavy atom. The Bertz CT molecular complexity index is 725. The van der Waals surface area contributed by atoms with Crippen LogP contribution in [0.4, 0.5) is 0 Å². The zero-order valence-corrected chi connectivity index (χ0v) is 14.9. The molecule has 2 aliphatic rings. The van der Waals surface area contributed by atoms with Gasteiger partial charge in [-0.25, -0.2) is 13.1 Å². The van der Waals surface area contributed by atoms with Crippen LogP contribution in [-0.2, 0) is 21.4 Å². The number of carbonyl (C=O) groups is 1. The first-order valence-electron chi connectivity index (χ1n) is 8.01. The van der Waals surface area contributed by atoms with Crippen LogP contribution in [0.2, 0.25) is 0 Å². The molecule has 1 N–H and O–H groups in total. The van der Waals surface area contributed by atoms with Gasteiger partial charge in [0.25, 0.3) is 5.91 Å². The molecule has 1 aliphatic carbocycles. The van der Waals surface area contributed by atoms with E-state index in [1.807, 2.05) is 0 Å². The van der Waals surface area contributed by atoms with Gasteiger partial charge >= 0.3 is 0 Å². The number of sulfonamides is 1. The summed E-state index contributed by atoms with van der Waals surface area (Å²) in [5.41, 5.74) is 0.897. The highest BCUT2D eigenvalue weighted by atomic mass is 32.2. The first-order chi connectivity index (χ1) is 11.3. The third-order valence-electron chi connectivity index (χ3n) is 4.72. The number of methoxy groups -OCH3 is 1. The highest BCUT2D eigenvalue weighted by Gasteiger charge is 2.45. The standard InChI is InChI=1S/C15H23N3O5S/c1-9-12(8-22-2)14(16-23-9)15(19)18-6-11(10-4-5-10)13(7-18)17-24(3,20)21/h10-11,13,17H,4-8H2,1-3H3/t11-,13+/m1/s1. The van der Waals surface area contributed by atoms with Crippen molar-refractivity contribution in [1.29, 1.82) is 0 Å². The minimum Gasteiger partial charge on any atom is -0.380 e. The molecular formula is C15H23N3O5S. The van der Waals surface area contributed by atoms with Crippen molar-refractivity contribution in [2.24, 2.45) is 11.8 Å². The van der Waals surface area contributed by atoms with Crippen LogP contribution in [0, 0.1) is 18.8 Å². The van der Waals surface area contributed by atoms with Crippen molar-refractivity contribution in [2.45, 2.75) is 32.4 Å². The third kappa shape index (κ3) is 3.62. The summed E-state index contributed by atoms with van der Waals surface area (Å²) < 4.78 is 36.1. The van der Waals surface area contributed by atoms with Gasteiger partial charge in [0.15, 0.2) is 5.69 Å². The van der Waals surface area contributed by atoms with Crippen molar-refractivity contribution in [3.05, 3.63) is 17.0 Å². The SMILES string of the molecule is COCc1c(C(=O)N2C[C@H](NS(C)(=O)=O)[C@@H](C3CC3)C2)noc1C. The molecule has 1 amide bonds. The van der Waals surface area contributed by atoms with E-state index in [2.05, 4.69) is 9.88 Å². The Morgan fingerprint density at radius 2 is 2.12 bits per heavy atom. The zero-order chi connectivity index (χ0) is 17.5. The normalized spacial score (nSPS) is 24.5. The lowest BCUT2D eigenvalue weighted by molar-refractivity contribution is 0.0770. The van der Waals surface area contributed by atoms with Gasteiger partial charge in [-0.2, -0.15) is 0 Å². The molecule has 1 aromatic rings. The van der Waals surface area contributed by atoms with Gasteiger partial charge in [-0.3, -0.25) is 4.79 Å². The fraction of sp³-hybridized carbons (Fsp3) is 0.733. The van der Waals surface area contributed by atoms with Crippen molar-refractivity contribution < 1.29 is 22.5 Å². The summed E-state index contributed by atoms with van der Waals surface area (Å²) >= 11 is 0. The van der Waals surface area contributed by atoms with Gasteiger partial charge in [-0.15, -0.1) is 0 Å². The first-order valence-corrected chi connectivity index (χ1v) is 9.90. The largest absolute Gasteiger partial charge is 0.380 e. The van der Waals surface area contributed by atoms with Gasteiger partial charge in [0.1, 0.15) is 5.76 Å². The molecule has 24 heavy (non-hydrogen) atoms. The molecule has 0 spiro atoms. The van der Waals surface area contributed by atoms with E-state index >= 15 is 0 Å². The Balaban J connectivity index is 1.78. The van der Waals surface area contributed by atoms with E-state index in [1.54, 1.807) is 18.9 Å². The van der Waals surface area contributed by atoms with Crippen LogP contribution in [0.25, 0.3) is 0 Å². The Morgan fingerprint density at radius 3 is 2.71 bits per heavy atom. The van der Waals surface area contributed by atoms with E-state index in [9.17, 15) is 13.2 Å². The number of hydrogen-bond acceptors (Lipinski definition) is 6. The summed E-state index contributed by atoms with van der Waals surface area (Å²) in [6.45, 7) is 2.88. The van der Waals surface area contributed by atoms with E-state index in [0.717, 1.165) is 19.1 Å². The maximum Gasteiger partial charge on any atom is 0.276 e. The molecule has 2 fully saturated rings. The van der Waals surface area contributed by atoms with Gasteiger partial charge in [-0.1, -0.05) is 5.16 Å². The van der Waals surface area contributed by atoms with E-state index in [-0.39, 0.29) is 30.2 Å². The van der Waals surface area contributed by atoms with E-state index in [1.165, 1.54) is 0 Å². The van der Waals surface area contributed by atoms with Gasteiger partial charge in [0, 0.05) is 26.2 Å². The predicted molar refractivity (Wildman–Crippen MR) is 85.8 cm³/mol. The van der Waals surface area contributed by atoms with E-state index < -0.39 is 10.0 Å². The number of ether oxygens (including phenoxy) is 1. The van der Waals surface area contributed by atoms with E-state index in [0.29, 0.717) is 30.3 Å². The predicted octanol–water partition coefficient (Wildman–Crippen LogP) is 0.529. The fourth-order valence-corrected chi connectivity index (χ4v) is 4.22. The van der Waals surface area contributed by atoms with Crippen molar-refractivity contribution >= 4 is 15.9 Å². The summed E-state index contributed by atoms with van der Waals surface area (Å²) in [6, 6.07) is -0.240. The van der Waals surface area contributed by atoms with Gasteiger partial charge < -0.3 is 14.2 Å². The van der Waals surface area contributed by atoms with Crippen LogP contribution < -0.4 is 4.72 Å². The van der Waals surface area contributed by atoms with Crippen LogP contribution in [0.1, 0.15) is 34.7 Å². The second-order valence-corrected chi connectivity index (χ2v) is 8.49. The number of nitrogens with one attached hydrogen (secondary N) is 1. The quantitative estimate of drug-likeness (QED) is 0.797. The minimum absolute atomic E-state index is 0.155. The van der Waals surface area contributed by atoms with Gasteiger partial charge in [0.2, 0.25) is 10.0 Å². The van der Waals surface area contributed by atoms with Crippen LogP contribution in [0.15, 0.2) is 4.52 Å². The van der Waals surface area contributed by atoms with Crippen molar-refractivity contribution in [3.63, 3.8) is 0 Å². The number of nitrogens with zero attached hydrogens (tertiary/aromatic N) is 2. The van der Waals surface area contributed by atoms with Gasteiger partial charge in [0.05, 0.1) is 18.4 Å². The molecule has 0 aromatic carbocycles. The second-order valence-electron chi connectivity index (χ2n) is 6.71. The highest BCUT2D eigenvalue weighted by Crippen LogP contribution is 2.42. The number of likely N-dealkylation sites (tertiary alicyclic amines) is 1. The Kier molecular flexibility index (Phi) is 4.67. The van der Waals surface area contributed by atoms with Crippen LogP contribution in [0.3, 0.4) is 0 Å². The number of aromatic nitrogens is 1. The molecule has 8 nitrogen and oxygen atoms in total. The lowest BCUT2D eigenvalue weighted by atomic mass is 9.99. The Labute approximate surface area is 141 Å². The van der Waals surface area contributed by atoms with Crippen molar-refractivity contribution in [2.75, 3.05) is 26.5 Å². The second kappa shape index (κ2) is 6.45. The molecule has 1 aromatic heterocycles. The van der Waals surface area contributed by atoms with Crippen molar-refractivity contribution in [1.82, 2.24) is 14.8 Å². The van der Waals surface area contributed by atoms with Crippen LogP contribution >= 0.6 is 0 Å². The molecule has 1 aliphatic heterocycles. The van der Waals surface area contributed by atoms with E-state index in [4.69, 9.17) is 9.26 Å². The Hall–Kier alpha value is -1.45.